The Kier molecular flexibility index (Phi) is 6.69. The van der Waals surface area contributed by atoms with Gasteiger partial charge in [-0.1, -0.05) is 0 Å². The molecule has 0 saturated heterocycles. The van der Waals surface area contributed by atoms with Crippen LogP contribution in [0.5, 0.6) is 0 Å². The van der Waals surface area contributed by atoms with E-state index in [1.165, 1.54) is 0 Å². The maximum atomic E-state index is 2.59. The van der Waals surface area contributed by atoms with Crippen LogP contribution in [0, 0.1) is 0 Å². The molecule has 0 radical (unpaired) electrons. The van der Waals surface area contributed by atoms with Crippen molar-refractivity contribution >= 4 is 24.2 Å². The van der Waals surface area contributed by atoms with Crippen LogP contribution in [0.1, 0.15) is 0 Å². The summed E-state index contributed by atoms with van der Waals surface area (Å²) in [5.74, 6) is 0. The zero-order valence-corrected chi connectivity index (χ0v) is 19.7. The summed E-state index contributed by atoms with van der Waals surface area (Å²) < 4.78 is 5.31. The molecule has 0 amide bonds. The van der Waals surface area contributed by atoms with Gasteiger partial charge in [0.25, 0.3) is 0 Å². The van der Waals surface area contributed by atoms with Gasteiger partial charge in [0, 0.05) is 0 Å². The summed E-state index contributed by atoms with van der Waals surface area (Å²) in [6, 6.07) is 0. The zero-order valence-electron chi connectivity index (χ0n) is 13.1. The molecule has 0 spiro atoms. The molecule has 0 aliphatic carbocycles. The topological polar surface area (TPSA) is 0 Å². The van der Waals surface area contributed by atoms with Crippen molar-refractivity contribution in [2.24, 2.45) is 0 Å². The minimum absolute atomic E-state index is 0.781. The van der Waals surface area contributed by atoms with Gasteiger partial charge in [-0.3, -0.25) is 0 Å². The van der Waals surface area contributed by atoms with Crippen molar-refractivity contribution in [3.05, 3.63) is 0 Å². The Balaban J connectivity index is 4.53. The van der Waals surface area contributed by atoms with Crippen molar-refractivity contribution in [3.63, 3.8) is 0 Å². The van der Waals surface area contributed by atoms with Crippen LogP contribution in [0.15, 0.2) is 0 Å². The van der Waals surface area contributed by atoms with Crippen LogP contribution < -0.4 is 0 Å². The van der Waals surface area contributed by atoms with Crippen LogP contribution in [0.25, 0.3) is 0 Å². The van der Waals surface area contributed by atoms with E-state index in [9.17, 15) is 0 Å². The molecule has 0 fully saturated rings. The molecule has 0 aromatic heterocycles. The molecule has 0 rings (SSSR count). The van der Waals surface area contributed by atoms with E-state index in [-0.39, 0.29) is 0 Å². The van der Waals surface area contributed by atoms with E-state index >= 15 is 0 Å². The Hall–Kier alpha value is 1.52. The molecule has 0 aromatic rings. The monoisotopic (exact) mass is 441 g/mol. The predicted octanol–water partition coefficient (Wildman–Crippen LogP) is 5.49. The molecule has 0 nitrogen and oxygen atoms in total. The molecular weight excluding hydrogens is 407 g/mol. The molecule has 0 atom stereocenters. The summed E-state index contributed by atoms with van der Waals surface area (Å²) >= 11 is -1.21. The summed E-state index contributed by atoms with van der Waals surface area (Å²) in [5, 5.41) is 0. The molecule has 4 heteroatoms. The van der Waals surface area contributed by atoms with Gasteiger partial charge in [-0.05, 0) is 0 Å². The predicted molar refractivity (Wildman–Crippen MR) is 84.5 cm³/mol. The number of rotatable bonds is 6. The second kappa shape index (κ2) is 6.11. The van der Waals surface area contributed by atoms with Gasteiger partial charge in [-0.25, -0.2) is 0 Å². The van der Waals surface area contributed by atoms with Crippen LogP contribution in [-0.4, -0.2) is 24.2 Å². The summed E-state index contributed by atoms with van der Waals surface area (Å²) in [4.78, 5) is 0. The van der Waals surface area contributed by atoms with E-state index in [0.29, 0.717) is 0 Å². The van der Waals surface area contributed by atoms with Gasteiger partial charge in [0.1, 0.15) is 0 Å². The molecule has 0 heterocycles. The van der Waals surface area contributed by atoms with E-state index in [0.717, 1.165) is 0 Å². The molecule has 97 valence electrons. The Morgan fingerprint density at radius 2 is 0.688 bits per heavy atom. The third-order valence-corrected chi connectivity index (χ3v) is 57.5. The fourth-order valence-corrected chi connectivity index (χ4v) is 69.1. The first kappa shape index (κ1) is 17.5. The fourth-order valence-electron chi connectivity index (χ4n) is 2.44. The van der Waals surface area contributed by atoms with E-state index in [1.807, 2.05) is 0 Å². The second-order valence-electron chi connectivity index (χ2n) is 8.96. The average Bonchev–Trinajstić information content (AvgIpc) is 1.70. The van der Waals surface area contributed by atoms with Crippen molar-refractivity contribution in [1.82, 2.24) is 0 Å². The fraction of sp³-hybridized carbons (Fsp3) is 1.00. The Bertz CT molecular complexity index is 170. The first-order chi connectivity index (χ1) is 6.79. The molecule has 0 aromatic carbocycles. The Labute approximate surface area is 115 Å². The second-order valence-corrected chi connectivity index (χ2v) is 42.2. The SMILES string of the molecule is C[Si](C)(C)[CH2][Hf]([CH2][Si](C)(C)C)[CH2][Si](C)(C)C. The molecule has 0 aliphatic rings. The zero-order chi connectivity index (χ0) is 13.2. The third kappa shape index (κ3) is 12.0. The van der Waals surface area contributed by atoms with Crippen molar-refractivity contribution in [2.75, 3.05) is 0 Å². The number of hydrogen-bond donors (Lipinski definition) is 0. The molecule has 0 aliphatic heterocycles. The summed E-state index contributed by atoms with van der Waals surface area (Å²) in [6.45, 7) is 23.3. The van der Waals surface area contributed by atoms with Gasteiger partial charge >= 0.3 is 116 Å². The molecule has 0 saturated carbocycles. The van der Waals surface area contributed by atoms with E-state index in [1.54, 1.807) is 11.4 Å². The maximum absolute atomic E-state index is 2.59. The van der Waals surface area contributed by atoms with Crippen molar-refractivity contribution < 1.29 is 21.4 Å². The van der Waals surface area contributed by atoms with Gasteiger partial charge in [0.05, 0.1) is 0 Å². The molecule has 0 unspecified atom stereocenters. The number of hydrogen-bond acceptors (Lipinski definition) is 0. The van der Waals surface area contributed by atoms with Crippen LogP contribution in [0.4, 0.5) is 0 Å². The van der Waals surface area contributed by atoms with E-state index in [2.05, 4.69) is 58.9 Å². The summed E-state index contributed by atoms with van der Waals surface area (Å²) in [7, 11) is -2.34. The van der Waals surface area contributed by atoms with Crippen molar-refractivity contribution in [2.45, 2.75) is 70.3 Å². The first-order valence-electron chi connectivity index (χ1n) is 6.62. The first-order valence-corrected chi connectivity index (χ1v) is 25.4. The van der Waals surface area contributed by atoms with Crippen LogP contribution in [0.2, 0.25) is 70.3 Å². The van der Waals surface area contributed by atoms with Gasteiger partial charge < -0.3 is 0 Å². The standard InChI is InChI=1S/3C4H11Si.Hf/c3*1-5(2,3)4;/h3*1H2,2-4H3;. The molecule has 16 heavy (non-hydrogen) atoms. The van der Waals surface area contributed by atoms with Crippen molar-refractivity contribution in [3.8, 4) is 0 Å². The summed E-state index contributed by atoms with van der Waals surface area (Å²) in [5.41, 5.74) is 0. The molecule has 0 N–H and O–H groups in total. The van der Waals surface area contributed by atoms with E-state index in [4.69, 9.17) is 0 Å². The van der Waals surface area contributed by atoms with Crippen molar-refractivity contribution in [1.29, 1.82) is 0 Å². The molecule has 0 bridgehead atoms. The minimum atomic E-state index is -1.21. The Morgan fingerprint density at radius 1 is 0.500 bits per heavy atom. The van der Waals surface area contributed by atoms with Gasteiger partial charge in [0.2, 0.25) is 0 Å². The van der Waals surface area contributed by atoms with Gasteiger partial charge in [-0.15, -0.1) is 0 Å². The van der Waals surface area contributed by atoms with Crippen LogP contribution >= 0.6 is 0 Å². The quantitative estimate of drug-likeness (QED) is 0.480. The normalized spacial score (nSPS) is 14.1. The van der Waals surface area contributed by atoms with E-state index < -0.39 is 45.7 Å². The van der Waals surface area contributed by atoms with Crippen LogP contribution in [-0.2, 0) is 21.4 Å². The third-order valence-electron chi connectivity index (χ3n) is 2.34. The average molecular weight is 440 g/mol. The van der Waals surface area contributed by atoms with Crippen LogP contribution in [0.3, 0.4) is 0 Å². The van der Waals surface area contributed by atoms with Gasteiger partial charge in [0.15, 0.2) is 0 Å². The summed E-state index contributed by atoms with van der Waals surface area (Å²) in [6.07, 6.45) is 0. The molecular formula is C12H33HfSi3. The Morgan fingerprint density at radius 3 is 0.812 bits per heavy atom. The van der Waals surface area contributed by atoms with Gasteiger partial charge in [-0.2, -0.15) is 0 Å².